The van der Waals surface area contributed by atoms with Gasteiger partial charge in [0.1, 0.15) is 0 Å². The van der Waals surface area contributed by atoms with Gasteiger partial charge in [-0.15, -0.1) is 0 Å². The summed E-state index contributed by atoms with van der Waals surface area (Å²) < 4.78 is 23.4. The first-order valence-electron chi connectivity index (χ1n) is 6.62. The number of hydrogen-bond donors (Lipinski definition) is 1. The first kappa shape index (κ1) is 14.9. The van der Waals surface area contributed by atoms with Gasteiger partial charge in [-0.1, -0.05) is 6.92 Å². The Balaban J connectivity index is 2.48. The molecule has 0 amide bonds. The summed E-state index contributed by atoms with van der Waals surface area (Å²) in [5.41, 5.74) is 0. The van der Waals surface area contributed by atoms with Crippen LogP contribution in [0.4, 0.5) is 0 Å². The second kappa shape index (κ2) is 6.71. The summed E-state index contributed by atoms with van der Waals surface area (Å²) in [6.07, 6.45) is 1.81. The monoisotopic (exact) mass is 262 g/mol. The van der Waals surface area contributed by atoms with Gasteiger partial charge in [-0.3, -0.25) is 4.90 Å². The van der Waals surface area contributed by atoms with Crippen molar-refractivity contribution in [3.05, 3.63) is 0 Å². The third kappa shape index (κ3) is 5.36. The molecule has 1 rings (SSSR count). The molecule has 17 heavy (non-hydrogen) atoms. The van der Waals surface area contributed by atoms with Crippen LogP contribution in [0, 0.1) is 0 Å². The lowest BCUT2D eigenvalue weighted by Crippen LogP contribution is -2.41. The summed E-state index contributed by atoms with van der Waals surface area (Å²) in [5.74, 6) is 0.626. The van der Waals surface area contributed by atoms with Crippen LogP contribution in [-0.2, 0) is 9.84 Å². The first-order chi connectivity index (χ1) is 7.94. The van der Waals surface area contributed by atoms with Crippen LogP contribution in [0.2, 0.25) is 0 Å². The van der Waals surface area contributed by atoms with Crippen LogP contribution in [-0.4, -0.2) is 56.5 Å². The Morgan fingerprint density at radius 3 is 2.65 bits per heavy atom. The van der Waals surface area contributed by atoms with E-state index >= 15 is 0 Å². The molecular formula is C12H26N2O2S. The van der Waals surface area contributed by atoms with Crippen LogP contribution in [0.25, 0.3) is 0 Å². The van der Waals surface area contributed by atoms with Crippen LogP contribution in [0.3, 0.4) is 0 Å². The molecule has 1 heterocycles. The van der Waals surface area contributed by atoms with E-state index in [1.807, 2.05) is 6.92 Å². The van der Waals surface area contributed by atoms with E-state index in [2.05, 4.69) is 24.1 Å². The fourth-order valence-corrected chi connectivity index (χ4v) is 3.64. The van der Waals surface area contributed by atoms with Crippen molar-refractivity contribution in [3.63, 3.8) is 0 Å². The summed E-state index contributed by atoms with van der Waals surface area (Å²) in [6.45, 7) is 8.91. The molecule has 0 aromatic heterocycles. The Kier molecular flexibility index (Phi) is 5.89. The van der Waals surface area contributed by atoms with Crippen LogP contribution in [0.15, 0.2) is 0 Å². The van der Waals surface area contributed by atoms with Gasteiger partial charge in [0.05, 0.1) is 5.75 Å². The quantitative estimate of drug-likeness (QED) is 0.799. The fourth-order valence-electron chi connectivity index (χ4n) is 2.30. The van der Waals surface area contributed by atoms with Crippen molar-refractivity contribution < 1.29 is 8.42 Å². The molecule has 1 aliphatic heterocycles. The van der Waals surface area contributed by atoms with Gasteiger partial charge in [-0.05, 0) is 33.2 Å². The average Bonchev–Trinajstić information content (AvgIpc) is 2.38. The zero-order valence-electron chi connectivity index (χ0n) is 11.3. The molecule has 0 aliphatic carbocycles. The summed E-state index contributed by atoms with van der Waals surface area (Å²) in [4.78, 5) is 2.30. The highest BCUT2D eigenvalue weighted by molar-refractivity contribution is 7.91. The Hall–Kier alpha value is -0.130. The molecule has 1 fully saturated rings. The molecule has 0 saturated carbocycles. The molecule has 0 aromatic rings. The number of nitrogens with one attached hydrogen (secondary N) is 1. The SMILES string of the molecule is CCCS(=O)(=O)CCN1CC(C)NCCC1C. The molecule has 1 aliphatic rings. The smallest absolute Gasteiger partial charge is 0.151 e. The molecule has 1 saturated heterocycles. The van der Waals surface area contributed by atoms with E-state index in [-0.39, 0.29) is 0 Å². The summed E-state index contributed by atoms with van der Waals surface area (Å²) >= 11 is 0. The van der Waals surface area contributed by atoms with Gasteiger partial charge in [0.25, 0.3) is 0 Å². The highest BCUT2D eigenvalue weighted by atomic mass is 32.2. The van der Waals surface area contributed by atoms with Gasteiger partial charge < -0.3 is 5.32 Å². The van der Waals surface area contributed by atoms with Gasteiger partial charge in [-0.2, -0.15) is 0 Å². The topological polar surface area (TPSA) is 49.4 Å². The minimum absolute atomic E-state index is 0.303. The van der Waals surface area contributed by atoms with Crippen molar-refractivity contribution in [1.82, 2.24) is 10.2 Å². The summed E-state index contributed by atoms with van der Waals surface area (Å²) in [6, 6.07) is 0.929. The minimum atomic E-state index is -2.85. The van der Waals surface area contributed by atoms with Crippen LogP contribution in [0.5, 0.6) is 0 Å². The fraction of sp³-hybridized carbons (Fsp3) is 1.00. The number of hydrogen-bond acceptors (Lipinski definition) is 4. The van der Waals surface area contributed by atoms with Crippen LogP contribution in [0.1, 0.15) is 33.6 Å². The van der Waals surface area contributed by atoms with E-state index in [1.54, 1.807) is 0 Å². The van der Waals surface area contributed by atoms with Crippen molar-refractivity contribution in [3.8, 4) is 0 Å². The molecular weight excluding hydrogens is 236 g/mol. The second-order valence-electron chi connectivity index (χ2n) is 5.14. The van der Waals surface area contributed by atoms with Crippen LogP contribution < -0.4 is 5.32 Å². The molecule has 4 nitrogen and oxygen atoms in total. The van der Waals surface area contributed by atoms with Gasteiger partial charge in [0.2, 0.25) is 0 Å². The van der Waals surface area contributed by atoms with Crippen molar-refractivity contribution in [2.75, 3.05) is 31.1 Å². The summed E-state index contributed by atoms with van der Waals surface area (Å²) in [7, 11) is -2.85. The highest BCUT2D eigenvalue weighted by Crippen LogP contribution is 2.09. The van der Waals surface area contributed by atoms with E-state index in [0.29, 0.717) is 30.1 Å². The predicted molar refractivity (Wildman–Crippen MR) is 72.1 cm³/mol. The van der Waals surface area contributed by atoms with Crippen molar-refractivity contribution in [2.24, 2.45) is 0 Å². The largest absolute Gasteiger partial charge is 0.313 e. The lowest BCUT2D eigenvalue weighted by atomic mass is 10.2. The van der Waals surface area contributed by atoms with E-state index in [9.17, 15) is 8.42 Å². The number of nitrogens with zero attached hydrogens (tertiary/aromatic N) is 1. The van der Waals surface area contributed by atoms with Gasteiger partial charge in [0.15, 0.2) is 9.84 Å². The van der Waals surface area contributed by atoms with Gasteiger partial charge in [-0.25, -0.2) is 8.42 Å². The molecule has 102 valence electrons. The zero-order chi connectivity index (χ0) is 12.9. The molecule has 2 unspecified atom stereocenters. The van der Waals surface area contributed by atoms with Crippen LogP contribution >= 0.6 is 0 Å². The molecule has 0 spiro atoms. The first-order valence-corrected chi connectivity index (χ1v) is 8.44. The zero-order valence-corrected chi connectivity index (χ0v) is 12.1. The number of rotatable bonds is 5. The molecule has 0 aromatic carbocycles. The predicted octanol–water partition coefficient (Wildman–Crippen LogP) is 0.884. The highest BCUT2D eigenvalue weighted by Gasteiger charge is 2.21. The minimum Gasteiger partial charge on any atom is -0.313 e. The van der Waals surface area contributed by atoms with Gasteiger partial charge in [0, 0.05) is 30.9 Å². The lowest BCUT2D eigenvalue weighted by Gasteiger charge is -2.27. The Bertz CT molecular complexity index is 316. The third-order valence-electron chi connectivity index (χ3n) is 3.39. The molecule has 0 radical (unpaired) electrons. The van der Waals surface area contributed by atoms with E-state index in [4.69, 9.17) is 0 Å². The molecule has 5 heteroatoms. The van der Waals surface area contributed by atoms with E-state index < -0.39 is 9.84 Å². The Morgan fingerprint density at radius 1 is 1.29 bits per heavy atom. The van der Waals surface area contributed by atoms with Crippen molar-refractivity contribution in [2.45, 2.75) is 45.7 Å². The Labute approximate surface area is 106 Å². The normalized spacial score (nSPS) is 27.9. The van der Waals surface area contributed by atoms with E-state index in [1.165, 1.54) is 0 Å². The second-order valence-corrected chi connectivity index (χ2v) is 7.44. The molecule has 2 atom stereocenters. The average molecular weight is 262 g/mol. The molecule has 0 bridgehead atoms. The van der Waals surface area contributed by atoms with E-state index in [0.717, 1.165) is 25.9 Å². The van der Waals surface area contributed by atoms with Crippen molar-refractivity contribution >= 4 is 9.84 Å². The standard InChI is InChI=1S/C12H26N2O2S/c1-4-8-17(15,16)9-7-14-10-11(2)13-6-5-12(14)3/h11-13H,4-10H2,1-3H3. The maximum absolute atomic E-state index is 11.7. The molecule has 1 N–H and O–H groups in total. The third-order valence-corrected chi connectivity index (χ3v) is 5.23. The summed E-state index contributed by atoms with van der Waals surface area (Å²) in [5, 5.41) is 3.44. The maximum atomic E-state index is 11.7. The lowest BCUT2D eigenvalue weighted by molar-refractivity contribution is 0.219. The maximum Gasteiger partial charge on any atom is 0.151 e. The number of sulfone groups is 1. The van der Waals surface area contributed by atoms with Crippen molar-refractivity contribution in [1.29, 1.82) is 0 Å². The van der Waals surface area contributed by atoms with Gasteiger partial charge >= 0.3 is 0 Å². The Morgan fingerprint density at radius 2 is 2.00 bits per heavy atom.